The highest BCUT2D eigenvalue weighted by Crippen LogP contribution is 2.24. The average molecular weight is 265 g/mol. The van der Waals surface area contributed by atoms with Gasteiger partial charge < -0.3 is 4.84 Å². The maximum atomic E-state index is 5.34. The number of hydrogen-bond donors (Lipinski definition) is 0. The Balaban J connectivity index is 1.54. The smallest absolute Gasteiger partial charge is 0.142 e. The van der Waals surface area contributed by atoms with Crippen molar-refractivity contribution in [1.29, 1.82) is 0 Å². The lowest BCUT2D eigenvalue weighted by molar-refractivity contribution is 0.129. The zero-order valence-electron chi connectivity index (χ0n) is 11.5. The first-order valence-electron chi connectivity index (χ1n) is 7.21. The van der Waals surface area contributed by atoms with E-state index in [-0.39, 0.29) is 0 Å². The molecule has 3 rings (SSSR count). The summed E-state index contributed by atoms with van der Waals surface area (Å²) in [5, 5.41) is 4.04. The third kappa shape index (κ3) is 3.27. The fourth-order valence-electron chi connectivity index (χ4n) is 2.25. The lowest BCUT2D eigenvalue weighted by Gasteiger charge is -2.19. The maximum Gasteiger partial charge on any atom is 0.142 e. The monoisotopic (exact) mass is 265 g/mol. The SMILES string of the molecule is C(=NOCc1ccc(-c2ccccc2)cc1)C1CCC1. The Hall–Kier alpha value is -2.09. The molecule has 0 amide bonds. The largest absolute Gasteiger partial charge is 0.391 e. The van der Waals surface area contributed by atoms with Crippen LogP contribution in [0.4, 0.5) is 0 Å². The molecule has 0 atom stereocenters. The summed E-state index contributed by atoms with van der Waals surface area (Å²) in [7, 11) is 0. The van der Waals surface area contributed by atoms with Crippen molar-refractivity contribution in [3.63, 3.8) is 0 Å². The van der Waals surface area contributed by atoms with E-state index in [0.717, 1.165) is 5.56 Å². The maximum absolute atomic E-state index is 5.34. The van der Waals surface area contributed by atoms with Gasteiger partial charge >= 0.3 is 0 Å². The molecule has 0 unspecified atom stereocenters. The van der Waals surface area contributed by atoms with Gasteiger partial charge in [0.1, 0.15) is 6.61 Å². The van der Waals surface area contributed by atoms with Gasteiger partial charge in [0.05, 0.1) is 0 Å². The van der Waals surface area contributed by atoms with Crippen LogP contribution in [-0.2, 0) is 11.4 Å². The summed E-state index contributed by atoms with van der Waals surface area (Å²) in [5.41, 5.74) is 3.62. The second-order valence-corrected chi connectivity index (χ2v) is 5.28. The van der Waals surface area contributed by atoms with Gasteiger partial charge in [0.25, 0.3) is 0 Å². The van der Waals surface area contributed by atoms with Crippen LogP contribution >= 0.6 is 0 Å². The molecule has 0 aromatic heterocycles. The number of hydrogen-bond acceptors (Lipinski definition) is 2. The molecule has 2 nitrogen and oxygen atoms in total. The molecule has 102 valence electrons. The summed E-state index contributed by atoms with van der Waals surface area (Å²) >= 11 is 0. The molecule has 1 aliphatic carbocycles. The predicted octanol–water partition coefficient (Wildman–Crippen LogP) is 4.66. The van der Waals surface area contributed by atoms with Crippen molar-refractivity contribution in [3.8, 4) is 11.1 Å². The van der Waals surface area contributed by atoms with E-state index < -0.39 is 0 Å². The number of benzene rings is 2. The molecule has 0 spiro atoms. The van der Waals surface area contributed by atoms with Crippen LogP contribution in [0.25, 0.3) is 11.1 Å². The minimum atomic E-state index is 0.540. The third-order valence-electron chi connectivity index (χ3n) is 3.79. The fourth-order valence-corrected chi connectivity index (χ4v) is 2.25. The van der Waals surface area contributed by atoms with E-state index in [1.54, 1.807) is 0 Å². The van der Waals surface area contributed by atoms with Crippen LogP contribution in [0.1, 0.15) is 24.8 Å². The van der Waals surface area contributed by atoms with Crippen LogP contribution in [0.3, 0.4) is 0 Å². The van der Waals surface area contributed by atoms with E-state index in [1.807, 2.05) is 12.3 Å². The first-order chi connectivity index (χ1) is 9.92. The van der Waals surface area contributed by atoms with Crippen molar-refractivity contribution in [2.24, 2.45) is 11.1 Å². The lowest BCUT2D eigenvalue weighted by Crippen LogP contribution is -2.11. The molecule has 0 heterocycles. The molecule has 0 N–H and O–H groups in total. The third-order valence-corrected chi connectivity index (χ3v) is 3.79. The Morgan fingerprint density at radius 2 is 1.65 bits per heavy atom. The first-order valence-corrected chi connectivity index (χ1v) is 7.21. The molecule has 2 heteroatoms. The van der Waals surface area contributed by atoms with Crippen LogP contribution in [0, 0.1) is 5.92 Å². The van der Waals surface area contributed by atoms with E-state index in [9.17, 15) is 0 Å². The zero-order chi connectivity index (χ0) is 13.6. The Morgan fingerprint density at radius 3 is 2.30 bits per heavy atom. The van der Waals surface area contributed by atoms with Crippen molar-refractivity contribution < 1.29 is 4.84 Å². The van der Waals surface area contributed by atoms with Gasteiger partial charge in [0.2, 0.25) is 0 Å². The molecular weight excluding hydrogens is 246 g/mol. The van der Waals surface area contributed by atoms with Crippen molar-refractivity contribution >= 4 is 6.21 Å². The molecule has 1 fully saturated rings. The molecule has 0 aliphatic heterocycles. The first kappa shape index (κ1) is 12.9. The number of oxime groups is 1. The lowest BCUT2D eigenvalue weighted by atomic mass is 9.87. The Bertz CT molecular complexity index is 556. The Labute approximate surface area is 120 Å². The molecule has 0 saturated heterocycles. The predicted molar refractivity (Wildman–Crippen MR) is 82.5 cm³/mol. The summed E-state index contributed by atoms with van der Waals surface area (Å²) in [6.45, 7) is 0.540. The van der Waals surface area contributed by atoms with E-state index in [1.165, 1.54) is 30.4 Å². The van der Waals surface area contributed by atoms with Crippen LogP contribution in [0.2, 0.25) is 0 Å². The summed E-state index contributed by atoms with van der Waals surface area (Å²) in [6.07, 6.45) is 5.80. The topological polar surface area (TPSA) is 21.6 Å². The molecule has 1 saturated carbocycles. The van der Waals surface area contributed by atoms with Crippen molar-refractivity contribution in [3.05, 3.63) is 60.2 Å². The van der Waals surface area contributed by atoms with E-state index >= 15 is 0 Å². The van der Waals surface area contributed by atoms with Gasteiger partial charge in [0, 0.05) is 6.21 Å². The molecule has 2 aromatic rings. The Morgan fingerprint density at radius 1 is 0.950 bits per heavy atom. The molecule has 1 aliphatic rings. The molecule has 0 radical (unpaired) electrons. The minimum Gasteiger partial charge on any atom is -0.391 e. The van der Waals surface area contributed by atoms with Gasteiger partial charge in [-0.1, -0.05) is 66.2 Å². The van der Waals surface area contributed by atoms with Crippen molar-refractivity contribution in [1.82, 2.24) is 0 Å². The van der Waals surface area contributed by atoms with Crippen LogP contribution in [-0.4, -0.2) is 6.21 Å². The molecule has 2 aromatic carbocycles. The molecule has 0 bridgehead atoms. The van der Waals surface area contributed by atoms with Gasteiger partial charge in [0.15, 0.2) is 0 Å². The summed E-state index contributed by atoms with van der Waals surface area (Å²) < 4.78 is 0. The minimum absolute atomic E-state index is 0.540. The van der Waals surface area contributed by atoms with Crippen LogP contribution in [0.15, 0.2) is 59.8 Å². The summed E-state index contributed by atoms with van der Waals surface area (Å²) in [4.78, 5) is 5.34. The van der Waals surface area contributed by atoms with Gasteiger partial charge in [-0.25, -0.2) is 0 Å². The van der Waals surface area contributed by atoms with Gasteiger partial charge in [-0.05, 0) is 35.4 Å². The Kier molecular flexibility index (Phi) is 4.12. The summed E-state index contributed by atoms with van der Waals surface area (Å²) in [6, 6.07) is 18.8. The van der Waals surface area contributed by atoms with E-state index in [4.69, 9.17) is 4.84 Å². The normalized spacial score (nSPS) is 15.2. The van der Waals surface area contributed by atoms with Gasteiger partial charge in [-0.3, -0.25) is 0 Å². The highest BCUT2D eigenvalue weighted by molar-refractivity contribution is 5.63. The quantitative estimate of drug-likeness (QED) is 0.569. The van der Waals surface area contributed by atoms with Crippen molar-refractivity contribution in [2.75, 3.05) is 0 Å². The molecule has 20 heavy (non-hydrogen) atoms. The van der Waals surface area contributed by atoms with E-state index in [0.29, 0.717) is 12.5 Å². The standard InChI is InChI=1S/C18H19NO/c1-2-7-17(8-3-1)18-11-9-16(10-12-18)14-20-19-13-15-5-4-6-15/h1-3,7-13,15H,4-6,14H2. The number of nitrogens with zero attached hydrogens (tertiary/aromatic N) is 1. The number of rotatable bonds is 5. The highest BCUT2D eigenvalue weighted by Gasteiger charge is 2.14. The van der Waals surface area contributed by atoms with E-state index in [2.05, 4.69) is 53.7 Å². The van der Waals surface area contributed by atoms with Crippen molar-refractivity contribution in [2.45, 2.75) is 25.9 Å². The average Bonchev–Trinajstić information content (AvgIpc) is 2.47. The second-order valence-electron chi connectivity index (χ2n) is 5.28. The highest BCUT2D eigenvalue weighted by atomic mass is 16.6. The summed E-state index contributed by atoms with van der Waals surface area (Å²) in [5.74, 6) is 0.649. The van der Waals surface area contributed by atoms with Crippen LogP contribution < -0.4 is 0 Å². The zero-order valence-corrected chi connectivity index (χ0v) is 11.5. The van der Waals surface area contributed by atoms with Gasteiger partial charge in [-0.15, -0.1) is 0 Å². The second kappa shape index (κ2) is 6.38. The van der Waals surface area contributed by atoms with Crippen LogP contribution in [0.5, 0.6) is 0 Å². The molecular formula is C18H19NO. The fraction of sp³-hybridized carbons (Fsp3) is 0.278. The van der Waals surface area contributed by atoms with Gasteiger partial charge in [-0.2, -0.15) is 0 Å².